The average molecular weight is 188 g/mol. The minimum Gasteiger partial charge on any atom is -0.245 e. The van der Waals surface area contributed by atoms with Crippen LogP contribution in [0.5, 0.6) is 0 Å². The molecule has 0 radical (unpaired) electrons. The lowest BCUT2D eigenvalue weighted by molar-refractivity contribution is 0.678. The summed E-state index contributed by atoms with van der Waals surface area (Å²) in [5.74, 6) is 0. The zero-order chi connectivity index (χ0) is 8.27. The van der Waals surface area contributed by atoms with Gasteiger partial charge in [0.2, 0.25) is 0 Å². The molecule has 0 N–H and O–H groups in total. The van der Waals surface area contributed by atoms with Gasteiger partial charge >= 0.3 is 0 Å². The molecule has 0 aliphatic heterocycles. The van der Waals surface area contributed by atoms with E-state index in [2.05, 4.69) is 0 Å². The fourth-order valence-electron chi connectivity index (χ4n) is 0.667. The van der Waals surface area contributed by atoms with Gasteiger partial charge in [0.1, 0.15) is 19.7 Å². The highest BCUT2D eigenvalue weighted by atomic mass is 33.1. The van der Waals surface area contributed by atoms with Crippen molar-refractivity contribution in [3.8, 4) is 0 Å². The summed E-state index contributed by atoms with van der Waals surface area (Å²) in [5.41, 5.74) is 0. The maximum absolute atomic E-state index is 11.2. The molecule has 4 heteroatoms. The summed E-state index contributed by atoms with van der Waals surface area (Å²) < 4.78 is 21.9. The Morgan fingerprint density at radius 2 is 1.64 bits per heavy atom. The third-order valence-electron chi connectivity index (χ3n) is 1.15. The first kappa shape index (κ1) is 8.62. The fourth-order valence-corrected chi connectivity index (χ4v) is 2.46. The van der Waals surface area contributed by atoms with Crippen LogP contribution in [0.15, 0.2) is 35.2 Å². The second-order valence-electron chi connectivity index (χ2n) is 1.95. The van der Waals surface area contributed by atoms with Crippen molar-refractivity contribution in [2.24, 2.45) is 0 Å². The molecule has 0 heterocycles. The van der Waals surface area contributed by atoms with E-state index in [0.29, 0.717) is 4.90 Å². The van der Waals surface area contributed by atoms with Crippen LogP contribution in [0.25, 0.3) is 0 Å². The van der Waals surface area contributed by atoms with Crippen molar-refractivity contribution in [2.75, 3.05) is 6.26 Å². The molecular formula is C7H8O2S2. The highest BCUT2D eigenvalue weighted by Crippen LogP contribution is 2.06. The number of hydrogen-bond donors (Lipinski definition) is 0. The second-order valence-corrected chi connectivity index (χ2v) is 6.01. The standard InChI is InChI=1S/C7H8O2S2/c1-10(8)11(9)7-5-3-2-4-6-7/h2-6H,1H3. The molecule has 2 unspecified atom stereocenters. The minimum absolute atomic E-state index is 0.619. The van der Waals surface area contributed by atoms with Crippen LogP contribution in [0.4, 0.5) is 0 Å². The Kier molecular flexibility index (Phi) is 2.96. The Hall–Kier alpha value is -0.480. The average Bonchev–Trinajstić information content (AvgIpc) is 2.05. The molecule has 0 aliphatic carbocycles. The van der Waals surface area contributed by atoms with Crippen LogP contribution in [-0.4, -0.2) is 14.7 Å². The largest absolute Gasteiger partial charge is 0.245 e. The molecule has 0 saturated carbocycles. The first-order valence-electron chi connectivity index (χ1n) is 3.02. The lowest BCUT2D eigenvalue weighted by Gasteiger charge is -1.95. The summed E-state index contributed by atoms with van der Waals surface area (Å²) in [4.78, 5) is 0.619. The van der Waals surface area contributed by atoms with E-state index in [9.17, 15) is 8.42 Å². The molecule has 0 aliphatic rings. The normalized spacial score (nSPS) is 15.7. The van der Waals surface area contributed by atoms with Gasteiger partial charge in [-0.25, -0.2) is 8.42 Å². The van der Waals surface area contributed by atoms with E-state index >= 15 is 0 Å². The molecule has 1 aromatic carbocycles. The van der Waals surface area contributed by atoms with Crippen LogP contribution < -0.4 is 0 Å². The summed E-state index contributed by atoms with van der Waals surface area (Å²) >= 11 is 0. The first-order valence-corrected chi connectivity index (χ1v) is 6.25. The van der Waals surface area contributed by atoms with Crippen LogP contribution in [0.1, 0.15) is 0 Å². The van der Waals surface area contributed by atoms with Gasteiger partial charge < -0.3 is 0 Å². The Labute approximate surface area is 69.9 Å². The van der Waals surface area contributed by atoms with Crippen molar-refractivity contribution in [1.82, 2.24) is 0 Å². The highest BCUT2D eigenvalue weighted by Gasteiger charge is 2.05. The molecule has 0 amide bonds. The van der Waals surface area contributed by atoms with Crippen molar-refractivity contribution in [3.05, 3.63) is 30.3 Å². The molecule has 2 nitrogen and oxygen atoms in total. The Morgan fingerprint density at radius 1 is 1.09 bits per heavy atom. The van der Waals surface area contributed by atoms with E-state index in [4.69, 9.17) is 0 Å². The van der Waals surface area contributed by atoms with Gasteiger partial charge in [0.15, 0.2) is 0 Å². The van der Waals surface area contributed by atoms with Gasteiger partial charge in [-0.15, -0.1) is 0 Å². The highest BCUT2D eigenvalue weighted by molar-refractivity contribution is 8.60. The minimum atomic E-state index is -1.36. The summed E-state index contributed by atoms with van der Waals surface area (Å²) in [5, 5.41) is 0. The maximum atomic E-state index is 11.2. The Morgan fingerprint density at radius 3 is 2.09 bits per heavy atom. The topological polar surface area (TPSA) is 34.1 Å². The number of benzene rings is 1. The van der Waals surface area contributed by atoms with E-state index in [1.165, 1.54) is 6.26 Å². The Bertz CT molecular complexity index is 282. The third-order valence-corrected chi connectivity index (χ3v) is 4.09. The van der Waals surface area contributed by atoms with E-state index in [0.717, 1.165) is 0 Å². The van der Waals surface area contributed by atoms with E-state index in [1.54, 1.807) is 24.3 Å². The summed E-state index contributed by atoms with van der Waals surface area (Å²) in [6.07, 6.45) is 1.43. The van der Waals surface area contributed by atoms with Crippen LogP contribution in [0, 0.1) is 0 Å². The molecule has 0 bridgehead atoms. The quantitative estimate of drug-likeness (QED) is 0.651. The molecule has 1 rings (SSSR count). The fraction of sp³-hybridized carbons (Fsp3) is 0.143. The van der Waals surface area contributed by atoms with E-state index < -0.39 is 19.7 Å². The van der Waals surface area contributed by atoms with Gasteiger partial charge in [0.25, 0.3) is 0 Å². The summed E-state index contributed by atoms with van der Waals surface area (Å²) in [6, 6.07) is 8.80. The van der Waals surface area contributed by atoms with Crippen molar-refractivity contribution in [3.63, 3.8) is 0 Å². The van der Waals surface area contributed by atoms with Crippen molar-refractivity contribution < 1.29 is 8.42 Å². The lowest BCUT2D eigenvalue weighted by Crippen LogP contribution is -1.96. The van der Waals surface area contributed by atoms with Crippen molar-refractivity contribution in [2.45, 2.75) is 4.90 Å². The smallest absolute Gasteiger partial charge is 0.142 e. The van der Waals surface area contributed by atoms with Gasteiger partial charge in [-0.2, -0.15) is 0 Å². The lowest BCUT2D eigenvalue weighted by atomic mass is 10.4. The molecule has 0 saturated heterocycles. The molecule has 60 valence electrons. The predicted octanol–water partition coefficient (Wildman–Crippen LogP) is 1.09. The molecule has 11 heavy (non-hydrogen) atoms. The zero-order valence-electron chi connectivity index (χ0n) is 6.02. The maximum Gasteiger partial charge on any atom is 0.142 e. The van der Waals surface area contributed by atoms with E-state index in [1.807, 2.05) is 6.07 Å². The van der Waals surface area contributed by atoms with Crippen LogP contribution in [-0.2, 0) is 19.7 Å². The third kappa shape index (κ3) is 2.24. The van der Waals surface area contributed by atoms with Crippen LogP contribution >= 0.6 is 0 Å². The van der Waals surface area contributed by atoms with Gasteiger partial charge in [0.05, 0.1) is 4.90 Å². The van der Waals surface area contributed by atoms with Crippen LogP contribution in [0.2, 0.25) is 0 Å². The van der Waals surface area contributed by atoms with Gasteiger partial charge in [-0.3, -0.25) is 0 Å². The predicted molar refractivity (Wildman–Crippen MR) is 46.9 cm³/mol. The summed E-state index contributed by atoms with van der Waals surface area (Å²) in [7, 11) is -2.65. The van der Waals surface area contributed by atoms with Crippen molar-refractivity contribution >= 4 is 19.7 Å². The molecule has 0 spiro atoms. The first-order chi connectivity index (χ1) is 5.22. The van der Waals surface area contributed by atoms with Crippen molar-refractivity contribution in [1.29, 1.82) is 0 Å². The van der Waals surface area contributed by atoms with E-state index in [-0.39, 0.29) is 0 Å². The molecule has 0 aromatic heterocycles. The number of rotatable bonds is 2. The zero-order valence-corrected chi connectivity index (χ0v) is 7.65. The van der Waals surface area contributed by atoms with Crippen LogP contribution in [0.3, 0.4) is 0 Å². The SMILES string of the molecule is CS(=O)S(=O)c1ccccc1. The molecule has 0 fully saturated rings. The molecular weight excluding hydrogens is 180 g/mol. The Balaban J connectivity index is 2.95. The monoisotopic (exact) mass is 188 g/mol. The second kappa shape index (κ2) is 3.78. The summed E-state index contributed by atoms with van der Waals surface area (Å²) in [6.45, 7) is 0. The van der Waals surface area contributed by atoms with Gasteiger partial charge in [-0.05, 0) is 12.1 Å². The number of hydrogen-bond acceptors (Lipinski definition) is 2. The van der Waals surface area contributed by atoms with Gasteiger partial charge in [-0.1, -0.05) is 18.2 Å². The molecule has 1 aromatic rings. The molecule has 2 atom stereocenters. The van der Waals surface area contributed by atoms with Gasteiger partial charge in [0, 0.05) is 6.26 Å².